The van der Waals surface area contributed by atoms with Crippen molar-refractivity contribution in [3.05, 3.63) is 0 Å². The van der Waals surface area contributed by atoms with Gasteiger partial charge in [0.2, 0.25) is 0 Å². The molecule has 0 aromatic rings. The normalized spacial score (nSPS) is 31.8. The predicted octanol–water partition coefficient (Wildman–Crippen LogP) is 2.04. The highest BCUT2D eigenvalue weighted by Gasteiger charge is 2.46. The Morgan fingerprint density at radius 3 is 1.95 bits per heavy atom. The van der Waals surface area contributed by atoms with Crippen molar-refractivity contribution in [2.45, 2.75) is 52.7 Å². The van der Waals surface area contributed by atoms with Crippen LogP contribution in [-0.2, 0) is 9.47 Å². The highest BCUT2D eigenvalue weighted by molar-refractivity contribution is 4.95. The lowest BCUT2D eigenvalue weighted by Crippen LogP contribution is -2.35. The highest BCUT2D eigenvalue weighted by atomic mass is 16.6. The van der Waals surface area contributed by atoms with Crippen LogP contribution < -0.4 is 10.6 Å². The summed E-state index contributed by atoms with van der Waals surface area (Å²) in [6.45, 7) is 14.3. The van der Waals surface area contributed by atoms with E-state index in [0.717, 1.165) is 39.4 Å². The van der Waals surface area contributed by atoms with E-state index in [0.29, 0.717) is 24.0 Å². The predicted molar refractivity (Wildman–Crippen MR) is 84.1 cm³/mol. The van der Waals surface area contributed by atoms with Crippen LogP contribution in [0.4, 0.5) is 0 Å². The van der Waals surface area contributed by atoms with Crippen LogP contribution in [0, 0.1) is 11.8 Å². The molecule has 0 saturated carbocycles. The third-order valence-electron chi connectivity index (χ3n) is 4.03. The van der Waals surface area contributed by atoms with Crippen molar-refractivity contribution in [2.75, 3.05) is 39.4 Å². The first-order valence-corrected chi connectivity index (χ1v) is 8.51. The maximum Gasteiger partial charge on any atom is 0.0903 e. The molecule has 2 rings (SSSR count). The number of ether oxygens (including phenoxy) is 2. The van der Waals surface area contributed by atoms with Gasteiger partial charge in [0.25, 0.3) is 0 Å². The lowest BCUT2D eigenvalue weighted by Gasteiger charge is -2.17. The first kappa shape index (κ1) is 17.9. The summed E-state index contributed by atoms with van der Waals surface area (Å²) in [6, 6.07) is 0. The van der Waals surface area contributed by atoms with Gasteiger partial charge in [-0.15, -0.1) is 0 Å². The van der Waals surface area contributed by atoms with Gasteiger partial charge in [-0.25, -0.2) is 0 Å². The van der Waals surface area contributed by atoms with Gasteiger partial charge in [0.05, 0.1) is 25.4 Å². The third kappa shape index (κ3) is 4.99. The molecule has 0 amide bonds. The van der Waals surface area contributed by atoms with E-state index in [-0.39, 0.29) is 0 Å². The van der Waals surface area contributed by atoms with Gasteiger partial charge in [-0.1, -0.05) is 34.1 Å². The summed E-state index contributed by atoms with van der Waals surface area (Å²) in [4.78, 5) is 0. The Kier molecular flexibility index (Phi) is 9.44. The van der Waals surface area contributed by atoms with E-state index in [4.69, 9.17) is 9.47 Å². The van der Waals surface area contributed by atoms with Crippen molar-refractivity contribution in [2.24, 2.45) is 11.8 Å². The molecule has 4 atom stereocenters. The molecule has 0 radical (unpaired) electrons. The second-order valence-electron chi connectivity index (χ2n) is 5.48. The van der Waals surface area contributed by atoms with Crippen molar-refractivity contribution < 1.29 is 9.47 Å². The minimum Gasteiger partial charge on any atom is -0.375 e. The molecule has 2 aliphatic heterocycles. The third-order valence-corrected chi connectivity index (χ3v) is 4.03. The first-order chi connectivity index (χ1) is 9.86. The lowest BCUT2D eigenvalue weighted by atomic mass is 9.96. The van der Waals surface area contributed by atoms with Crippen LogP contribution in [0.5, 0.6) is 0 Å². The van der Waals surface area contributed by atoms with Crippen molar-refractivity contribution in [1.29, 1.82) is 0 Å². The fourth-order valence-electron chi connectivity index (χ4n) is 2.93. The van der Waals surface area contributed by atoms with Crippen LogP contribution in [0.1, 0.15) is 40.5 Å². The summed E-state index contributed by atoms with van der Waals surface area (Å²) in [5, 5.41) is 6.93. The molecule has 0 aromatic carbocycles. The summed E-state index contributed by atoms with van der Waals surface area (Å²) in [6.07, 6.45) is 3.15. The highest BCUT2D eigenvalue weighted by Crippen LogP contribution is 2.34. The summed E-state index contributed by atoms with van der Waals surface area (Å²) >= 11 is 0. The van der Waals surface area contributed by atoms with Gasteiger partial charge < -0.3 is 20.1 Å². The molecule has 4 nitrogen and oxygen atoms in total. The van der Waals surface area contributed by atoms with Gasteiger partial charge in [-0.3, -0.25) is 0 Å². The Bertz CT molecular complexity index is 239. The Morgan fingerprint density at radius 2 is 1.45 bits per heavy atom. The van der Waals surface area contributed by atoms with Gasteiger partial charge in [0.1, 0.15) is 0 Å². The van der Waals surface area contributed by atoms with Gasteiger partial charge in [0.15, 0.2) is 0 Å². The number of hydrogen-bond acceptors (Lipinski definition) is 4. The molecule has 2 aliphatic rings. The molecular formula is C16H34N2O2. The number of hydrogen-bond donors (Lipinski definition) is 2. The van der Waals surface area contributed by atoms with E-state index < -0.39 is 0 Å². The molecule has 2 N–H and O–H groups in total. The Labute approximate surface area is 125 Å². The summed E-state index contributed by atoms with van der Waals surface area (Å²) < 4.78 is 11.9. The van der Waals surface area contributed by atoms with E-state index in [1.165, 1.54) is 12.8 Å². The van der Waals surface area contributed by atoms with E-state index in [1.807, 2.05) is 13.8 Å². The lowest BCUT2D eigenvalue weighted by molar-refractivity contribution is 0.0604. The van der Waals surface area contributed by atoms with Crippen molar-refractivity contribution >= 4 is 0 Å². The Morgan fingerprint density at radius 1 is 0.900 bits per heavy atom. The monoisotopic (exact) mass is 286 g/mol. The molecule has 2 fully saturated rings. The molecule has 0 aromatic heterocycles. The minimum atomic E-state index is 0.321. The second-order valence-corrected chi connectivity index (χ2v) is 5.48. The van der Waals surface area contributed by atoms with Crippen LogP contribution in [0.2, 0.25) is 0 Å². The number of rotatable bonds is 8. The zero-order valence-corrected chi connectivity index (χ0v) is 13.8. The Hall–Kier alpha value is -0.160. The Balaban J connectivity index is 0.000000956. The van der Waals surface area contributed by atoms with Crippen LogP contribution in [0.3, 0.4) is 0 Å². The molecule has 0 aliphatic carbocycles. The maximum atomic E-state index is 5.95. The smallest absolute Gasteiger partial charge is 0.0903 e. The van der Waals surface area contributed by atoms with Crippen molar-refractivity contribution in [1.82, 2.24) is 10.6 Å². The molecule has 4 heteroatoms. The van der Waals surface area contributed by atoms with Crippen LogP contribution >= 0.6 is 0 Å². The average Bonchev–Trinajstić information content (AvgIpc) is 3.06. The SMILES string of the molecule is CC.CCCCNCC1COC2C(CNCC)COC12. The number of nitrogens with one attached hydrogen (secondary N) is 2. The summed E-state index contributed by atoms with van der Waals surface area (Å²) in [7, 11) is 0. The quantitative estimate of drug-likeness (QED) is 0.670. The average molecular weight is 286 g/mol. The van der Waals surface area contributed by atoms with E-state index >= 15 is 0 Å². The van der Waals surface area contributed by atoms with Crippen molar-refractivity contribution in [3.8, 4) is 0 Å². The fourth-order valence-corrected chi connectivity index (χ4v) is 2.93. The molecule has 0 spiro atoms. The maximum absolute atomic E-state index is 5.95. The van der Waals surface area contributed by atoms with Gasteiger partial charge in [-0.2, -0.15) is 0 Å². The van der Waals surface area contributed by atoms with Gasteiger partial charge >= 0.3 is 0 Å². The van der Waals surface area contributed by atoms with Crippen molar-refractivity contribution in [3.63, 3.8) is 0 Å². The zero-order chi connectivity index (χ0) is 14.8. The fraction of sp³-hybridized carbons (Fsp3) is 1.00. The molecule has 2 saturated heterocycles. The zero-order valence-electron chi connectivity index (χ0n) is 13.8. The van der Waals surface area contributed by atoms with Gasteiger partial charge in [-0.05, 0) is 19.5 Å². The van der Waals surface area contributed by atoms with E-state index in [2.05, 4.69) is 24.5 Å². The summed E-state index contributed by atoms with van der Waals surface area (Å²) in [5.41, 5.74) is 0. The first-order valence-electron chi connectivity index (χ1n) is 8.51. The number of fused-ring (bicyclic) bond motifs is 1. The van der Waals surface area contributed by atoms with Crippen LogP contribution in [0.15, 0.2) is 0 Å². The molecule has 4 unspecified atom stereocenters. The van der Waals surface area contributed by atoms with Crippen LogP contribution in [-0.4, -0.2) is 51.6 Å². The van der Waals surface area contributed by atoms with E-state index in [9.17, 15) is 0 Å². The molecule has 2 heterocycles. The minimum absolute atomic E-state index is 0.321. The standard InChI is InChI=1S/C14H28N2O2.C2H6/c1-3-5-6-16-8-12-10-18-13-11(7-15-4-2)9-17-14(12)13;1-2/h11-16H,3-10H2,1-2H3;1-2H3. The molecular weight excluding hydrogens is 252 g/mol. The topological polar surface area (TPSA) is 42.5 Å². The largest absolute Gasteiger partial charge is 0.375 e. The number of unbranched alkanes of at least 4 members (excludes halogenated alkanes) is 1. The van der Waals surface area contributed by atoms with E-state index in [1.54, 1.807) is 0 Å². The molecule has 120 valence electrons. The molecule has 20 heavy (non-hydrogen) atoms. The van der Waals surface area contributed by atoms with Gasteiger partial charge in [0, 0.05) is 24.9 Å². The van der Waals surface area contributed by atoms with Crippen LogP contribution in [0.25, 0.3) is 0 Å². The molecule has 0 bridgehead atoms. The second kappa shape index (κ2) is 10.6. The summed E-state index contributed by atoms with van der Waals surface area (Å²) in [5.74, 6) is 1.08.